The molecule has 212 valence electrons. The van der Waals surface area contributed by atoms with Crippen molar-refractivity contribution in [3.05, 3.63) is 97.0 Å². The number of nitrogens with one attached hydrogen (secondary N) is 2. The molecule has 7 nitrogen and oxygen atoms in total. The summed E-state index contributed by atoms with van der Waals surface area (Å²) < 4.78 is 0. The molecule has 8 heteroatoms. The van der Waals surface area contributed by atoms with Crippen molar-refractivity contribution in [1.29, 1.82) is 0 Å². The average Bonchev–Trinajstić information content (AvgIpc) is 3.77. The smallest absolute Gasteiger partial charge is 0.108 e. The minimum Gasteiger partial charge on any atom is -0.248 e. The van der Waals surface area contributed by atoms with Crippen LogP contribution in [-0.2, 0) is 4.94 Å². The van der Waals surface area contributed by atoms with Crippen LogP contribution in [0.4, 0.5) is 11.4 Å². The Balaban J connectivity index is 1.54. The highest BCUT2D eigenvalue weighted by Gasteiger charge is 2.32. The Morgan fingerprint density at radius 1 is 0.595 bits per heavy atom. The van der Waals surface area contributed by atoms with Crippen molar-refractivity contribution in [1.82, 2.24) is 0 Å². The van der Waals surface area contributed by atoms with Gasteiger partial charge in [-0.15, -0.1) is 0 Å². The van der Waals surface area contributed by atoms with E-state index in [4.69, 9.17) is 36.5 Å². The third kappa shape index (κ3) is 3.91. The van der Waals surface area contributed by atoms with E-state index in [1.165, 1.54) is 33.4 Å². The maximum atomic E-state index is 6.72. The molecule has 0 aliphatic carbocycles. The van der Waals surface area contributed by atoms with Crippen LogP contribution in [0, 0.1) is 0 Å². The molecule has 8 bridgehead atoms. The first-order chi connectivity index (χ1) is 20.4. The van der Waals surface area contributed by atoms with Gasteiger partial charge in [-0.3, -0.25) is 0 Å². The number of aliphatic imine (C=N–C) groups is 4. The maximum absolute atomic E-state index is 6.72. The Kier molecular flexibility index (Phi) is 6.40. The highest BCUT2D eigenvalue weighted by atomic mass is 35.5. The van der Waals surface area contributed by atoms with Gasteiger partial charge in [-0.2, -0.15) is 4.94 Å². The lowest BCUT2D eigenvalue weighted by Gasteiger charge is -2.09. The van der Waals surface area contributed by atoms with Crippen LogP contribution in [0.15, 0.2) is 101 Å². The number of fused-ring (bicyclic) bond motifs is 9. The van der Waals surface area contributed by atoms with Gasteiger partial charge in [0.05, 0.1) is 50.7 Å². The number of allylic oxidation sites excluding steroid dienone is 10. The normalized spacial score (nSPS) is 20.4. The molecule has 0 fully saturated rings. The van der Waals surface area contributed by atoms with Crippen molar-refractivity contribution in [2.24, 2.45) is 20.0 Å². The SMILES string of the molecule is CCC1=C(C)C2=NC1=CC1=NC(=CC3=NC(=CC4=NC(=C2)C(CC)=C4CC)C(C)=C3CC)c2cc(Cl)c3c(c21)NON3. The standard InChI is InChI=1S/C34H33ClN6O/c1-7-18-16(5)24-12-28-20(9-3)21(10-4)29(38-28)13-25-17(6)19(8-2)27(37-25)15-31-32-22(30(39-31)14-26(18)36-24)11-23(35)33-34(32)41-42-40-33/h11-15,40-41H,7-10H2,1-6H3. The molecule has 2 N–H and O–H groups in total. The van der Waals surface area contributed by atoms with Crippen molar-refractivity contribution in [3.63, 3.8) is 0 Å². The van der Waals surface area contributed by atoms with E-state index in [2.05, 4.69) is 76.8 Å². The molecule has 0 unspecified atom stereocenters. The lowest BCUT2D eigenvalue weighted by molar-refractivity contribution is 0.282. The molecule has 0 atom stereocenters. The number of anilines is 2. The third-order valence-electron chi connectivity index (χ3n) is 8.86. The molecule has 0 radical (unpaired) electrons. The molecule has 7 rings (SSSR count). The molecule has 1 aromatic rings. The molecule has 0 saturated heterocycles. The van der Waals surface area contributed by atoms with Crippen molar-refractivity contribution < 1.29 is 4.94 Å². The van der Waals surface area contributed by atoms with E-state index in [9.17, 15) is 0 Å². The summed E-state index contributed by atoms with van der Waals surface area (Å²) >= 11 is 6.72. The molecule has 6 aliphatic heterocycles. The molecule has 1 aromatic carbocycles. The van der Waals surface area contributed by atoms with Crippen LogP contribution in [0.2, 0.25) is 5.02 Å². The maximum Gasteiger partial charge on any atom is 0.108 e. The van der Waals surface area contributed by atoms with E-state index in [1.807, 2.05) is 6.07 Å². The van der Waals surface area contributed by atoms with Crippen LogP contribution in [0.25, 0.3) is 5.70 Å². The number of halogens is 1. The second-order valence-corrected chi connectivity index (χ2v) is 11.4. The van der Waals surface area contributed by atoms with Crippen molar-refractivity contribution in [2.75, 3.05) is 11.0 Å². The van der Waals surface area contributed by atoms with E-state index in [0.29, 0.717) is 10.7 Å². The summed E-state index contributed by atoms with van der Waals surface area (Å²) in [5.41, 5.74) is 23.9. The first-order valence-electron chi connectivity index (χ1n) is 14.8. The number of rotatable bonds is 4. The summed E-state index contributed by atoms with van der Waals surface area (Å²) in [5, 5.41) is 0.559. The molecule has 6 heterocycles. The highest BCUT2D eigenvalue weighted by molar-refractivity contribution is 6.36. The van der Waals surface area contributed by atoms with E-state index >= 15 is 0 Å². The van der Waals surface area contributed by atoms with Gasteiger partial charge in [-0.25, -0.2) is 30.9 Å². The fourth-order valence-corrected chi connectivity index (χ4v) is 6.94. The lowest BCUT2D eigenvalue weighted by Crippen LogP contribution is -2.02. The predicted octanol–water partition coefficient (Wildman–Crippen LogP) is 8.77. The van der Waals surface area contributed by atoms with E-state index < -0.39 is 0 Å². The quantitative estimate of drug-likeness (QED) is 0.376. The monoisotopic (exact) mass is 576 g/mol. The van der Waals surface area contributed by atoms with Gasteiger partial charge in [0.2, 0.25) is 0 Å². The first-order valence-corrected chi connectivity index (χ1v) is 15.1. The van der Waals surface area contributed by atoms with Gasteiger partial charge in [0.1, 0.15) is 11.4 Å². The summed E-state index contributed by atoms with van der Waals surface area (Å²) in [7, 11) is 0. The van der Waals surface area contributed by atoms with Gasteiger partial charge in [-0.1, -0.05) is 39.3 Å². The zero-order chi connectivity index (χ0) is 29.3. The lowest BCUT2D eigenvalue weighted by atomic mass is 9.96. The van der Waals surface area contributed by atoms with Gasteiger partial charge in [-0.05, 0) is 103 Å². The minimum absolute atomic E-state index is 0.559. The van der Waals surface area contributed by atoms with Gasteiger partial charge in [0.15, 0.2) is 0 Å². The Hall–Kier alpha value is -4.07. The first kappa shape index (κ1) is 26.8. The Labute approximate surface area is 251 Å². The number of hydrogen-bond acceptors (Lipinski definition) is 7. The average molecular weight is 577 g/mol. The fraction of sp³-hybridized carbons (Fsp3) is 0.294. The summed E-state index contributed by atoms with van der Waals surface area (Å²) in [4.78, 5) is 26.1. The van der Waals surface area contributed by atoms with Crippen LogP contribution in [0.5, 0.6) is 0 Å². The largest absolute Gasteiger partial charge is 0.248 e. The van der Waals surface area contributed by atoms with Crippen LogP contribution in [0.1, 0.15) is 78.4 Å². The van der Waals surface area contributed by atoms with Crippen LogP contribution in [0.3, 0.4) is 0 Å². The molecule has 0 amide bonds. The van der Waals surface area contributed by atoms with Gasteiger partial charge >= 0.3 is 0 Å². The molecule has 42 heavy (non-hydrogen) atoms. The van der Waals surface area contributed by atoms with Crippen LogP contribution >= 0.6 is 11.6 Å². The second kappa shape index (κ2) is 10.0. The summed E-state index contributed by atoms with van der Waals surface area (Å²) in [6.45, 7) is 13.1. The van der Waals surface area contributed by atoms with Crippen molar-refractivity contribution in [3.8, 4) is 0 Å². The molecular formula is C34H33ClN6O. The zero-order valence-electron chi connectivity index (χ0n) is 24.8. The Morgan fingerprint density at radius 3 is 1.88 bits per heavy atom. The highest BCUT2D eigenvalue weighted by Crippen LogP contribution is 2.46. The van der Waals surface area contributed by atoms with Crippen LogP contribution in [-0.4, -0.2) is 22.8 Å². The van der Waals surface area contributed by atoms with E-state index in [0.717, 1.165) is 88.1 Å². The number of hydrogen-bond donors (Lipinski definition) is 2. The molecular weight excluding hydrogens is 544 g/mol. The second-order valence-electron chi connectivity index (χ2n) is 11.0. The zero-order valence-corrected chi connectivity index (χ0v) is 25.5. The molecule has 6 aliphatic rings. The van der Waals surface area contributed by atoms with E-state index in [1.54, 1.807) is 0 Å². The van der Waals surface area contributed by atoms with Crippen LogP contribution < -0.4 is 11.0 Å². The summed E-state index contributed by atoms with van der Waals surface area (Å²) in [6, 6.07) is 1.95. The van der Waals surface area contributed by atoms with Crippen molar-refractivity contribution in [2.45, 2.75) is 67.2 Å². The summed E-state index contributed by atoms with van der Waals surface area (Å²) in [6.07, 6.45) is 12.0. The minimum atomic E-state index is 0.559. The predicted molar refractivity (Wildman–Crippen MR) is 174 cm³/mol. The number of benzene rings is 1. The van der Waals surface area contributed by atoms with Crippen molar-refractivity contribution >= 4 is 51.5 Å². The fourth-order valence-electron chi connectivity index (χ4n) is 6.70. The number of nitrogens with zero attached hydrogens (tertiary/aromatic N) is 4. The van der Waals surface area contributed by atoms with E-state index in [-0.39, 0.29) is 0 Å². The summed E-state index contributed by atoms with van der Waals surface area (Å²) in [5.74, 6) is 0. The molecule has 0 spiro atoms. The topological polar surface area (TPSA) is 82.7 Å². The van der Waals surface area contributed by atoms with Gasteiger partial charge in [0, 0.05) is 11.1 Å². The molecule has 0 aromatic heterocycles. The third-order valence-corrected chi connectivity index (χ3v) is 9.16. The van der Waals surface area contributed by atoms with Gasteiger partial charge in [0.25, 0.3) is 0 Å². The Morgan fingerprint density at radius 2 is 1.14 bits per heavy atom. The molecule has 0 saturated carbocycles. The Bertz CT molecular complexity index is 1850. The van der Waals surface area contributed by atoms with Gasteiger partial charge < -0.3 is 0 Å².